The van der Waals surface area contributed by atoms with Gasteiger partial charge in [-0.25, -0.2) is 8.78 Å². The van der Waals surface area contributed by atoms with E-state index >= 15 is 0 Å². The van der Waals surface area contributed by atoms with E-state index in [0.717, 1.165) is 19.5 Å². The highest BCUT2D eigenvalue weighted by Crippen LogP contribution is 2.23. The summed E-state index contributed by atoms with van der Waals surface area (Å²) in [5, 5.41) is 3.25. The summed E-state index contributed by atoms with van der Waals surface area (Å²) in [5.41, 5.74) is 0.171. The summed E-state index contributed by atoms with van der Waals surface area (Å²) in [5.74, 6) is -0.736. The summed E-state index contributed by atoms with van der Waals surface area (Å²) in [6.45, 7) is 5.79. The molecule has 1 atom stereocenters. The van der Waals surface area contributed by atoms with Crippen LogP contribution in [0.2, 0.25) is 0 Å². The molecule has 1 nitrogen and oxygen atoms in total. The minimum absolute atomic E-state index is 0.171. The first kappa shape index (κ1) is 14.6. The Balaban J connectivity index is 2.64. The summed E-state index contributed by atoms with van der Waals surface area (Å²) in [4.78, 5) is 0. The number of hydrogen-bond acceptors (Lipinski definition) is 1. The van der Waals surface area contributed by atoms with Crippen molar-refractivity contribution in [2.24, 2.45) is 5.92 Å². The van der Waals surface area contributed by atoms with E-state index in [1.807, 2.05) is 6.92 Å². The van der Waals surface area contributed by atoms with Crippen molar-refractivity contribution in [2.45, 2.75) is 26.7 Å². The van der Waals surface area contributed by atoms with Crippen LogP contribution >= 0.6 is 15.9 Å². The van der Waals surface area contributed by atoms with Crippen molar-refractivity contribution >= 4 is 15.9 Å². The van der Waals surface area contributed by atoms with Gasteiger partial charge in [-0.2, -0.15) is 0 Å². The molecule has 4 heteroatoms. The Morgan fingerprint density at radius 3 is 2.71 bits per heavy atom. The molecule has 0 bridgehead atoms. The van der Waals surface area contributed by atoms with Crippen LogP contribution in [-0.2, 0) is 6.42 Å². The summed E-state index contributed by atoms with van der Waals surface area (Å²) in [7, 11) is 0. The number of benzene rings is 1. The highest BCUT2D eigenvalue weighted by molar-refractivity contribution is 9.10. The van der Waals surface area contributed by atoms with Crippen LogP contribution in [0.25, 0.3) is 0 Å². The Morgan fingerprint density at radius 1 is 1.35 bits per heavy atom. The van der Waals surface area contributed by atoms with E-state index in [1.54, 1.807) is 0 Å². The fourth-order valence-corrected chi connectivity index (χ4v) is 2.07. The van der Waals surface area contributed by atoms with E-state index in [-0.39, 0.29) is 11.5 Å². The molecule has 1 unspecified atom stereocenters. The first-order valence-electron chi connectivity index (χ1n) is 5.89. The molecule has 0 heterocycles. The largest absolute Gasteiger partial charge is 0.316 e. The molecule has 0 saturated heterocycles. The first-order chi connectivity index (χ1) is 8.06. The van der Waals surface area contributed by atoms with Gasteiger partial charge in [-0.15, -0.1) is 0 Å². The monoisotopic (exact) mass is 305 g/mol. The van der Waals surface area contributed by atoms with Gasteiger partial charge in [0.2, 0.25) is 0 Å². The molecule has 0 spiro atoms. The molecular formula is C13H18BrF2N. The van der Waals surface area contributed by atoms with Gasteiger partial charge >= 0.3 is 0 Å². The lowest BCUT2D eigenvalue weighted by atomic mass is 10.00. The highest BCUT2D eigenvalue weighted by atomic mass is 79.9. The van der Waals surface area contributed by atoms with Gasteiger partial charge in [0.15, 0.2) is 0 Å². The minimum Gasteiger partial charge on any atom is -0.316 e. The second-order valence-corrected chi connectivity index (χ2v) is 5.19. The van der Waals surface area contributed by atoms with E-state index in [2.05, 4.69) is 28.2 Å². The number of hydrogen-bond donors (Lipinski definition) is 1. The van der Waals surface area contributed by atoms with E-state index in [4.69, 9.17) is 0 Å². The van der Waals surface area contributed by atoms with Gasteiger partial charge in [-0.3, -0.25) is 0 Å². The lowest BCUT2D eigenvalue weighted by Gasteiger charge is -2.14. The Kier molecular flexibility index (Phi) is 6.06. The van der Waals surface area contributed by atoms with Gasteiger partial charge in [0.05, 0.1) is 4.47 Å². The van der Waals surface area contributed by atoms with Crippen molar-refractivity contribution in [3.05, 3.63) is 33.8 Å². The van der Waals surface area contributed by atoms with E-state index < -0.39 is 11.6 Å². The second kappa shape index (κ2) is 7.07. The summed E-state index contributed by atoms with van der Waals surface area (Å²) < 4.78 is 27.5. The van der Waals surface area contributed by atoms with Gasteiger partial charge in [-0.1, -0.05) is 13.8 Å². The van der Waals surface area contributed by atoms with Crippen molar-refractivity contribution in [3.63, 3.8) is 0 Å². The summed E-state index contributed by atoms with van der Waals surface area (Å²) in [6.07, 6.45) is 1.47. The number of rotatable bonds is 6. The Bertz CT molecular complexity index is 369. The maximum atomic E-state index is 13.7. The highest BCUT2D eigenvalue weighted by Gasteiger charge is 2.15. The predicted octanol–water partition coefficient (Wildman–Crippen LogP) is 3.91. The van der Waals surface area contributed by atoms with Gasteiger partial charge in [0, 0.05) is 5.56 Å². The van der Waals surface area contributed by atoms with Crippen molar-refractivity contribution in [1.29, 1.82) is 0 Å². The molecule has 17 heavy (non-hydrogen) atoms. The smallest absolute Gasteiger partial charge is 0.143 e. The molecule has 1 N–H and O–H groups in total. The third-order valence-electron chi connectivity index (χ3n) is 2.61. The summed E-state index contributed by atoms with van der Waals surface area (Å²) >= 11 is 3.08. The zero-order valence-electron chi connectivity index (χ0n) is 10.2. The van der Waals surface area contributed by atoms with Crippen molar-refractivity contribution in [2.75, 3.05) is 13.1 Å². The quantitative estimate of drug-likeness (QED) is 0.621. The molecule has 0 amide bonds. The molecule has 0 aliphatic carbocycles. The molecule has 1 aromatic rings. The van der Waals surface area contributed by atoms with E-state index in [1.165, 1.54) is 12.1 Å². The predicted molar refractivity (Wildman–Crippen MR) is 70.1 cm³/mol. The normalized spacial score (nSPS) is 12.8. The van der Waals surface area contributed by atoms with Crippen LogP contribution in [0, 0.1) is 17.6 Å². The zero-order chi connectivity index (χ0) is 12.8. The minimum atomic E-state index is -0.479. The van der Waals surface area contributed by atoms with Crippen LogP contribution in [0.15, 0.2) is 16.6 Å². The lowest BCUT2D eigenvalue weighted by molar-refractivity contribution is 0.476. The van der Waals surface area contributed by atoms with E-state index in [0.29, 0.717) is 10.9 Å². The molecule has 0 aliphatic heterocycles. The average Bonchev–Trinajstić information content (AvgIpc) is 2.30. The molecule has 0 aromatic heterocycles. The van der Waals surface area contributed by atoms with Gasteiger partial charge in [0.1, 0.15) is 11.6 Å². The standard InChI is InChI=1S/C13H18BrF2N/c1-3-6-17-8-9(2)7-10-12(15)5-4-11(14)13(10)16/h4-5,9,17H,3,6-8H2,1-2H3. The summed E-state index contributed by atoms with van der Waals surface area (Å²) in [6, 6.07) is 2.70. The molecule has 0 radical (unpaired) electrons. The van der Waals surface area contributed by atoms with Gasteiger partial charge < -0.3 is 5.32 Å². The van der Waals surface area contributed by atoms with Crippen molar-refractivity contribution < 1.29 is 8.78 Å². The Labute approximate surface area is 110 Å². The fraction of sp³-hybridized carbons (Fsp3) is 0.538. The number of nitrogens with one attached hydrogen (secondary N) is 1. The van der Waals surface area contributed by atoms with Crippen LogP contribution in [0.4, 0.5) is 8.78 Å². The maximum absolute atomic E-state index is 13.7. The third kappa shape index (κ3) is 4.36. The topological polar surface area (TPSA) is 12.0 Å². The van der Waals surface area contributed by atoms with Crippen molar-refractivity contribution in [3.8, 4) is 0 Å². The van der Waals surface area contributed by atoms with Crippen LogP contribution < -0.4 is 5.32 Å². The maximum Gasteiger partial charge on any atom is 0.143 e. The van der Waals surface area contributed by atoms with Crippen LogP contribution in [0.5, 0.6) is 0 Å². The lowest BCUT2D eigenvalue weighted by Crippen LogP contribution is -2.23. The molecular weight excluding hydrogens is 288 g/mol. The van der Waals surface area contributed by atoms with Gasteiger partial charge in [-0.05, 0) is 59.9 Å². The number of halogens is 3. The fourth-order valence-electron chi connectivity index (χ4n) is 1.70. The molecule has 1 rings (SSSR count). The zero-order valence-corrected chi connectivity index (χ0v) is 11.8. The molecule has 0 saturated carbocycles. The van der Waals surface area contributed by atoms with Crippen LogP contribution in [-0.4, -0.2) is 13.1 Å². The van der Waals surface area contributed by atoms with Crippen molar-refractivity contribution in [1.82, 2.24) is 5.32 Å². The molecule has 96 valence electrons. The van der Waals surface area contributed by atoms with Crippen LogP contribution in [0.1, 0.15) is 25.8 Å². The molecule has 0 fully saturated rings. The first-order valence-corrected chi connectivity index (χ1v) is 6.68. The third-order valence-corrected chi connectivity index (χ3v) is 3.22. The molecule has 0 aliphatic rings. The van der Waals surface area contributed by atoms with E-state index in [9.17, 15) is 8.78 Å². The second-order valence-electron chi connectivity index (χ2n) is 4.34. The Hall–Kier alpha value is -0.480. The Morgan fingerprint density at radius 2 is 2.06 bits per heavy atom. The molecule has 1 aromatic carbocycles. The average molecular weight is 306 g/mol. The van der Waals surface area contributed by atoms with Gasteiger partial charge in [0.25, 0.3) is 0 Å². The SMILES string of the molecule is CCCNCC(C)Cc1c(F)ccc(Br)c1F. The van der Waals surface area contributed by atoms with Crippen LogP contribution in [0.3, 0.4) is 0 Å².